The molecule has 1 unspecified atom stereocenters. The maximum Gasteiger partial charge on any atom is 0.227 e. The molecule has 1 amide bonds. The van der Waals surface area contributed by atoms with Gasteiger partial charge in [0.2, 0.25) is 5.91 Å². The molecule has 0 fully saturated rings. The second kappa shape index (κ2) is 6.40. The summed E-state index contributed by atoms with van der Waals surface area (Å²) in [5, 5.41) is 2.98. The molecule has 0 saturated heterocycles. The Kier molecular flexibility index (Phi) is 5.16. The van der Waals surface area contributed by atoms with Gasteiger partial charge in [0.15, 0.2) is 0 Å². The Labute approximate surface area is 103 Å². The summed E-state index contributed by atoms with van der Waals surface area (Å²) in [5.41, 5.74) is 8.58. The van der Waals surface area contributed by atoms with Gasteiger partial charge in [-0.15, -0.1) is 0 Å². The molecule has 17 heavy (non-hydrogen) atoms. The SMILES string of the molecule is CCCC(C)C(=O)Nc1cc(CN)ccc1C. The van der Waals surface area contributed by atoms with Crippen molar-refractivity contribution in [2.24, 2.45) is 11.7 Å². The fraction of sp³-hybridized carbons (Fsp3) is 0.500. The van der Waals surface area contributed by atoms with Gasteiger partial charge >= 0.3 is 0 Å². The third-order valence-corrected chi connectivity index (χ3v) is 2.96. The minimum Gasteiger partial charge on any atom is -0.326 e. The summed E-state index contributed by atoms with van der Waals surface area (Å²) in [6, 6.07) is 5.93. The summed E-state index contributed by atoms with van der Waals surface area (Å²) in [6.07, 6.45) is 1.94. The fourth-order valence-corrected chi connectivity index (χ4v) is 1.75. The predicted molar refractivity (Wildman–Crippen MR) is 71.8 cm³/mol. The molecule has 3 nitrogen and oxygen atoms in total. The van der Waals surface area contributed by atoms with Gasteiger partial charge in [-0.3, -0.25) is 4.79 Å². The van der Waals surface area contributed by atoms with Crippen LogP contribution in [0.1, 0.15) is 37.8 Å². The molecule has 1 rings (SSSR count). The van der Waals surface area contributed by atoms with Gasteiger partial charge in [-0.1, -0.05) is 32.4 Å². The van der Waals surface area contributed by atoms with E-state index in [2.05, 4.69) is 12.2 Å². The lowest BCUT2D eigenvalue weighted by Crippen LogP contribution is -2.20. The molecule has 0 aliphatic heterocycles. The van der Waals surface area contributed by atoms with Gasteiger partial charge in [0.1, 0.15) is 0 Å². The van der Waals surface area contributed by atoms with Crippen molar-refractivity contribution in [1.29, 1.82) is 0 Å². The van der Waals surface area contributed by atoms with E-state index in [1.165, 1.54) is 0 Å². The summed E-state index contributed by atoms with van der Waals surface area (Å²) in [4.78, 5) is 11.9. The number of amides is 1. The van der Waals surface area contributed by atoms with Crippen molar-refractivity contribution in [3.8, 4) is 0 Å². The van der Waals surface area contributed by atoms with E-state index in [1.807, 2.05) is 32.0 Å². The summed E-state index contributed by atoms with van der Waals surface area (Å²) in [5.74, 6) is 0.144. The molecule has 3 N–H and O–H groups in total. The fourth-order valence-electron chi connectivity index (χ4n) is 1.75. The maximum atomic E-state index is 11.9. The molecule has 3 heteroatoms. The molecular formula is C14H22N2O. The number of carbonyl (C=O) groups excluding carboxylic acids is 1. The van der Waals surface area contributed by atoms with E-state index in [-0.39, 0.29) is 11.8 Å². The number of carbonyl (C=O) groups is 1. The molecule has 1 atom stereocenters. The van der Waals surface area contributed by atoms with Crippen molar-refractivity contribution in [2.45, 2.75) is 40.2 Å². The lowest BCUT2D eigenvalue weighted by molar-refractivity contribution is -0.119. The van der Waals surface area contributed by atoms with Crippen molar-refractivity contribution in [2.75, 3.05) is 5.32 Å². The predicted octanol–water partition coefficient (Wildman–Crippen LogP) is 2.83. The molecule has 0 radical (unpaired) electrons. The monoisotopic (exact) mass is 234 g/mol. The standard InChI is InChI=1S/C14H22N2O/c1-4-5-11(3)14(17)16-13-8-12(9-15)7-6-10(13)2/h6-8,11H,4-5,9,15H2,1-3H3,(H,16,17). The lowest BCUT2D eigenvalue weighted by atomic mass is 10.0. The zero-order valence-electron chi connectivity index (χ0n) is 10.9. The van der Waals surface area contributed by atoms with Gasteiger partial charge in [0.05, 0.1) is 0 Å². The topological polar surface area (TPSA) is 55.1 Å². The number of aryl methyl sites for hydroxylation is 1. The highest BCUT2D eigenvalue weighted by Gasteiger charge is 2.12. The van der Waals surface area contributed by atoms with E-state index in [4.69, 9.17) is 5.73 Å². The molecule has 0 spiro atoms. The normalized spacial score (nSPS) is 12.2. The Balaban J connectivity index is 2.76. The van der Waals surface area contributed by atoms with Gasteiger partial charge < -0.3 is 11.1 Å². The minimum atomic E-state index is 0.0564. The molecule has 0 heterocycles. The summed E-state index contributed by atoms with van der Waals surface area (Å²) in [7, 11) is 0. The first kappa shape index (κ1) is 13.7. The highest BCUT2D eigenvalue weighted by molar-refractivity contribution is 5.93. The van der Waals surface area contributed by atoms with Crippen molar-refractivity contribution < 1.29 is 4.79 Å². The van der Waals surface area contributed by atoms with E-state index in [0.717, 1.165) is 29.7 Å². The largest absolute Gasteiger partial charge is 0.326 e. The molecule has 1 aromatic carbocycles. The quantitative estimate of drug-likeness (QED) is 0.823. The first-order valence-electron chi connectivity index (χ1n) is 6.19. The zero-order chi connectivity index (χ0) is 12.8. The van der Waals surface area contributed by atoms with Crippen LogP contribution in [0.2, 0.25) is 0 Å². The van der Waals surface area contributed by atoms with Crippen LogP contribution in [0.25, 0.3) is 0 Å². The van der Waals surface area contributed by atoms with Gasteiger partial charge in [0.25, 0.3) is 0 Å². The molecule has 0 aliphatic carbocycles. The van der Waals surface area contributed by atoms with Crippen molar-refractivity contribution in [3.05, 3.63) is 29.3 Å². The highest BCUT2D eigenvalue weighted by Crippen LogP contribution is 2.18. The third kappa shape index (κ3) is 3.86. The van der Waals surface area contributed by atoms with Gasteiger partial charge in [-0.25, -0.2) is 0 Å². The Morgan fingerprint density at radius 2 is 2.18 bits per heavy atom. The van der Waals surface area contributed by atoms with E-state index in [0.29, 0.717) is 6.54 Å². The van der Waals surface area contributed by atoms with Gasteiger partial charge in [-0.2, -0.15) is 0 Å². The van der Waals surface area contributed by atoms with Crippen LogP contribution in [0.15, 0.2) is 18.2 Å². The minimum absolute atomic E-state index is 0.0564. The highest BCUT2D eigenvalue weighted by atomic mass is 16.1. The van der Waals surface area contributed by atoms with E-state index in [9.17, 15) is 4.79 Å². The molecule has 0 aliphatic rings. The Bertz CT molecular complexity index is 388. The van der Waals surface area contributed by atoms with E-state index >= 15 is 0 Å². The molecular weight excluding hydrogens is 212 g/mol. The van der Waals surface area contributed by atoms with Gasteiger partial charge in [0, 0.05) is 18.2 Å². The molecule has 0 aromatic heterocycles. The Hall–Kier alpha value is -1.35. The van der Waals surface area contributed by atoms with Crippen LogP contribution in [0.3, 0.4) is 0 Å². The number of anilines is 1. The van der Waals surface area contributed by atoms with Crippen LogP contribution in [0, 0.1) is 12.8 Å². The first-order chi connectivity index (χ1) is 8.08. The van der Waals surface area contributed by atoms with E-state index < -0.39 is 0 Å². The number of rotatable bonds is 5. The summed E-state index contributed by atoms with van der Waals surface area (Å²) >= 11 is 0. The van der Waals surface area contributed by atoms with Crippen LogP contribution >= 0.6 is 0 Å². The zero-order valence-corrected chi connectivity index (χ0v) is 10.9. The van der Waals surface area contributed by atoms with Crippen molar-refractivity contribution in [1.82, 2.24) is 0 Å². The first-order valence-corrected chi connectivity index (χ1v) is 6.19. The Morgan fingerprint density at radius 3 is 2.76 bits per heavy atom. The molecule has 94 valence electrons. The third-order valence-electron chi connectivity index (χ3n) is 2.96. The average Bonchev–Trinajstić information content (AvgIpc) is 2.32. The van der Waals surface area contributed by atoms with Crippen LogP contribution < -0.4 is 11.1 Å². The number of nitrogens with one attached hydrogen (secondary N) is 1. The second-order valence-corrected chi connectivity index (χ2v) is 4.53. The van der Waals surface area contributed by atoms with Crippen LogP contribution in [-0.2, 0) is 11.3 Å². The number of benzene rings is 1. The summed E-state index contributed by atoms with van der Waals surface area (Å²) in [6.45, 7) is 6.53. The van der Waals surface area contributed by atoms with Gasteiger partial charge in [-0.05, 0) is 30.5 Å². The number of nitrogens with two attached hydrogens (primary N) is 1. The average molecular weight is 234 g/mol. The van der Waals surface area contributed by atoms with Crippen LogP contribution in [0.5, 0.6) is 0 Å². The van der Waals surface area contributed by atoms with E-state index in [1.54, 1.807) is 0 Å². The summed E-state index contributed by atoms with van der Waals surface area (Å²) < 4.78 is 0. The van der Waals surface area contributed by atoms with Crippen LogP contribution in [-0.4, -0.2) is 5.91 Å². The van der Waals surface area contributed by atoms with Crippen molar-refractivity contribution in [3.63, 3.8) is 0 Å². The second-order valence-electron chi connectivity index (χ2n) is 4.53. The van der Waals surface area contributed by atoms with Crippen molar-refractivity contribution >= 4 is 11.6 Å². The smallest absolute Gasteiger partial charge is 0.227 e. The molecule has 0 saturated carbocycles. The Morgan fingerprint density at radius 1 is 1.47 bits per heavy atom. The maximum absolute atomic E-state index is 11.9. The molecule has 0 bridgehead atoms. The van der Waals surface area contributed by atoms with Crippen LogP contribution in [0.4, 0.5) is 5.69 Å². The number of hydrogen-bond donors (Lipinski definition) is 2. The number of hydrogen-bond acceptors (Lipinski definition) is 2. The molecule has 1 aromatic rings. The lowest BCUT2D eigenvalue weighted by Gasteiger charge is -2.13.